The lowest BCUT2D eigenvalue weighted by Gasteiger charge is -2.48. The van der Waals surface area contributed by atoms with E-state index in [1.54, 1.807) is 0 Å². The van der Waals surface area contributed by atoms with E-state index in [9.17, 15) is 4.79 Å². The number of benzene rings is 1. The van der Waals surface area contributed by atoms with Crippen molar-refractivity contribution in [1.82, 2.24) is 15.5 Å². The van der Waals surface area contributed by atoms with Crippen LogP contribution in [0.25, 0.3) is 0 Å². The van der Waals surface area contributed by atoms with E-state index in [0.29, 0.717) is 0 Å². The molecule has 0 aromatic heterocycles. The van der Waals surface area contributed by atoms with Crippen molar-refractivity contribution in [2.45, 2.75) is 56.2 Å². The van der Waals surface area contributed by atoms with Crippen LogP contribution in [-0.2, 0) is 0 Å². The minimum absolute atomic E-state index is 0.0410. The highest BCUT2D eigenvalue weighted by Gasteiger charge is 2.45. The van der Waals surface area contributed by atoms with Gasteiger partial charge in [0, 0.05) is 18.0 Å². The van der Waals surface area contributed by atoms with Crippen molar-refractivity contribution in [3.05, 3.63) is 29.8 Å². The van der Waals surface area contributed by atoms with Crippen molar-refractivity contribution < 1.29 is 9.53 Å². The number of ether oxygens (including phenoxy) is 1. The molecule has 2 amide bonds. The molecule has 1 aromatic rings. The molecule has 3 aliphatic rings. The van der Waals surface area contributed by atoms with Crippen molar-refractivity contribution in [2.24, 2.45) is 0 Å². The molecule has 1 unspecified atom stereocenters. The molecule has 1 atom stereocenters. The monoisotopic (exact) mass is 329 g/mol. The molecule has 1 aliphatic carbocycles. The summed E-state index contributed by atoms with van der Waals surface area (Å²) in [4.78, 5) is 14.8. The summed E-state index contributed by atoms with van der Waals surface area (Å²) in [6.45, 7) is 2.10. The fourth-order valence-corrected chi connectivity index (χ4v) is 4.16. The number of para-hydroxylation sites is 1. The van der Waals surface area contributed by atoms with Gasteiger partial charge in [0.05, 0.1) is 6.04 Å². The van der Waals surface area contributed by atoms with Crippen LogP contribution >= 0.6 is 0 Å². The lowest BCUT2D eigenvalue weighted by atomic mass is 9.73. The Morgan fingerprint density at radius 1 is 1.21 bits per heavy atom. The normalized spacial score (nSPS) is 26.1. The zero-order chi connectivity index (χ0) is 16.6. The Kier molecular flexibility index (Phi) is 4.12. The summed E-state index contributed by atoms with van der Waals surface area (Å²) in [5.74, 6) is 0.938. The molecule has 1 saturated heterocycles. The van der Waals surface area contributed by atoms with Crippen LogP contribution in [0, 0.1) is 0 Å². The molecule has 5 heteroatoms. The summed E-state index contributed by atoms with van der Waals surface area (Å²) in [5, 5.41) is 6.38. The Labute approximate surface area is 143 Å². The fourth-order valence-electron chi connectivity index (χ4n) is 4.16. The van der Waals surface area contributed by atoms with Crippen LogP contribution < -0.4 is 15.4 Å². The molecule has 130 valence electrons. The van der Waals surface area contributed by atoms with Crippen LogP contribution in [0.2, 0.25) is 0 Å². The van der Waals surface area contributed by atoms with Crippen molar-refractivity contribution >= 4 is 6.03 Å². The van der Waals surface area contributed by atoms with Crippen molar-refractivity contribution in [3.63, 3.8) is 0 Å². The minimum atomic E-state index is -0.0557. The number of nitrogens with one attached hydrogen (secondary N) is 2. The van der Waals surface area contributed by atoms with Gasteiger partial charge in [0.1, 0.15) is 11.4 Å². The third-order valence-electron chi connectivity index (χ3n) is 5.82. The van der Waals surface area contributed by atoms with Gasteiger partial charge in [0.2, 0.25) is 0 Å². The van der Waals surface area contributed by atoms with E-state index in [-0.39, 0.29) is 23.7 Å². The molecule has 5 nitrogen and oxygen atoms in total. The largest absolute Gasteiger partial charge is 0.487 e. The van der Waals surface area contributed by atoms with Gasteiger partial charge in [0.15, 0.2) is 0 Å². The zero-order valence-corrected chi connectivity index (χ0v) is 14.4. The van der Waals surface area contributed by atoms with Crippen LogP contribution in [0.1, 0.15) is 50.1 Å². The quantitative estimate of drug-likeness (QED) is 0.877. The van der Waals surface area contributed by atoms with E-state index in [1.165, 1.54) is 6.42 Å². The second kappa shape index (κ2) is 6.28. The minimum Gasteiger partial charge on any atom is -0.487 e. The molecule has 0 radical (unpaired) electrons. The van der Waals surface area contributed by atoms with Gasteiger partial charge in [-0.25, -0.2) is 4.79 Å². The van der Waals surface area contributed by atoms with Crippen molar-refractivity contribution in [2.75, 3.05) is 20.1 Å². The molecule has 1 saturated carbocycles. The maximum absolute atomic E-state index is 12.5. The molecular formula is C19H27N3O2. The van der Waals surface area contributed by atoms with E-state index >= 15 is 0 Å². The number of hydrogen-bond acceptors (Lipinski definition) is 3. The Balaban J connectivity index is 1.42. The van der Waals surface area contributed by atoms with Crippen LogP contribution in [0.15, 0.2) is 24.3 Å². The summed E-state index contributed by atoms with van der Waals surface area (Å²) < 4.78 is 6.25. The first-order chi connectivity index (χ1) is 11.6. The number of carbonyl (C=O) groups excluding carboxylic acids is 1. The zero-order valence-electron chi connectivity index (χ0n) is 14.4. The van der Waals surface area contributed by atoms with Gasteiger partial charge in [-0.1, -0.05) is 18.2 Å². The van der Waals surface area contributed by atoms with Gasteiger partial charge in [-0.2, -0.15) is 0 Å². The number of hydrogen-bond donors (Lipinski definition) is 2. The average molecular weight is 329 g/mol. The van der Waals surface area contributed by atoms with Gasteiger partial charge in [-0.05, 0) is 58.3 Å². The first kappa shape index (κ1) is 15.8. The van der Waals surface area contributed by atoms with Crippen LogP contribution in [0.4, 0.5) is 4.79 Å². The Morgan fingerprint density at radius 3 is 2.67 bits per heavy atom. The summed E-state index contributed by atoms with van der Waals surface area (Å²) in [7, 11) is 2.13. The van der Waals surface area contributed by atoms with Gasteiger partial charge < -0.3 is 20.3 Å². The lowest BCUT2D eigenvalue weighted by molar-refractivity contribution is -0.0356. The molecule has 1 spiro atoms. The highest BCUT2D eigenvalue weighted by Crippen LogP contribution is 2.48. The number of carbonyl (C=O) groups is 1. The standard InChI is InChI=1S/C19H27N3O2/c1-22-11-7-14(8-12-22)20-18(23)21-16-13-19(9-4-10-19)24-17-6-3-2-5-15(16)17/h2-3,5-6,14,16H,4,7-13H2,1H3,(H2,20,21,23). The Morgan fingerprint density at radius 2 is 1.96 bits per heavy atom. The van der Waals surface area contributed by atoms with Crippen molar-refractivity contribution in [3.8, 4) is 5.75 Å². The number of rotatable bonds is 2. The Bertz CT molecular complexity index is 606. The number of likely N-dealkylation sites (tertiary alicyclic amines) is 1. The average Bonchev–Trinajstić information content (AvgIpc) is 2.55. The number of piperidine rings is 1. The molecule has 4 rings (SSSR count). The van der Waals surface area contributed by atoms with Crippen molar-refractivity contribution in [1.29, 1.82) is 0 Å². The molecule has 2 heterocycles. The molecular weight excluding hydrogens is 302 g/mol. The van der Waals surface area contributed by atoms with E-state index in [4.69, 9.17) is 4.74 Å². The molecule has 1 aromatic carbocycles. The van der Waals surface area contributed by atoms with E-state index < -0.39 is 0 Å². The van der Waals surface area contributed by atoms with Gasteiger partial charge in [0.25, 0.3) is 0 Å². The van der Waals surface area contributed by atoms with Gasteiger partial charge in [-0.15, -0.1) is 0 Å². The van der Waals surface area contributed by atoms with E-state index in [2.05, 4.69) is 28.6 Å². The predicted molar refractivity (Wildman–Crippen MR) is 93.2 cm³/mol. The van der Waals surface area contributed by atoms with Gasteiger partial charge >= 0.3 is 6.03 Å². The molecule has 0 bridgehead atoms. The maximum atomic E-state index is 12.5. The molecule has 24 heavy (non-hydrogen) atoms. The van der Waals surface area contributed by atoms with Gasteiger partial charge in [-0.3, -0.25) is 0 Å². The number of amides is 2. The fraction of sp³-hybridized carbons (Fsp3) is 0.632. The summed E-state index contributed by atoms with van der Waals surface area (Å²) in [6.07, 6.45) is 6.34. The lowest BCUT2D eigenvalue weighted by Crippen LogP contribution is -2.52. The maximum Gasteiger partial charge on any atom is 0.315 e. The second-order valence-electron chi connectivity index (χ2n) is 7.63. The number of nitrogens with zero attached hydrogens (tertiary/aromatic N) is 1. The Hall–Kier alpha value is -1.75. The SMILES string of the molecule is CN1CCC(NC(=O)NC2CC3(CCC3)Oc3ccccc32)CC1. The third-order valence-corrected chi connectivity index (χ3v) is 5.82. The first-order valence-electron chi connectivity index (χ1n) is 9.17. The number of urea groups is 1. The van der Waals surface area contributed by atoms with E-state index in [1.807, 2.05) is 18.2 Å². The molecule has 2 fully saturated rings. The molecule has 2 aliphatic heterocycles. The van der Waals surface area contributed by atoms with Crippen LogP contribution in [-0.4, -0.2) is 42.7 Å². The smallest absolute Gasteiger partial charge is 0.315 e. The second-order valence-corrected chi connectivity index (χ2v) is 7.63. The summed E-state index contributed by atoms with van der Waals surface area (Å²) in [5.41, 5.74) is 1.05. The highest BCUT2D eigenvalue weighted by molar-refractivity contribution is 5.75. The summed E-state index contributed by atoms with van der Waals surface area (Å²) in [6, 6.07) is 8.41. The summed E-state index contributed by atoms with van der Waals surface area (Å²) >= 11 is 0. The highest BCUT2D eigenvalue weighted by atomic mass is 16.5. The number of fused-ring (bicyclic) bond motifs is 1. The van der Waals surface area contributed by atoms with Crippen LogP contribution in [0.3, 0.4) is 0 Å². The first-order valence-corrected chi connectivity index (χ1v) is 9.17. The third kappa shape index (κ3) is 3.09. The predicted octanol–water partition coefficient (Wildman–Crippen LogP) is 2.83. The topological polar surface area (TPSA) is 53.6 Å². The molecule has 2 N–H and O–H groups in total. The van der Waals surface area contributed by atoms with Crippen LogP contribution in [0.5, 0.6) is 5.75 Å². The van der Waals surface area contributed by atoms with E-state index in [0.717, 1.165) is 56.5 Å².